The average molecular weight is 356 g/mol. The second-order valence-corrected chi connectivity index (χ2v) is 5.33. The number of anilines is 2. The van der Waals surface area contributed by atoms with Crippen molar-refractivity contribution in [1.29, 1.82) is 0 Å². The van der Waals surface area contributed by atoms with Crippen LogP contribution in [0.4, 0.5) is 29.3 Å². The van der Waals surface area contributed by atoms with Gasteiger partial charge in [0.1, 0.15) is 12.2 Å². The maximum absolute atomic E-state index is 13.4. The molecule has 0 saturated carbocycles. The Balaban J connectivity index is 2.04. The summed E-state index contributed by atoms with van der Waals surface area (Å²) in [6.07, 6.45) is -2.40. The number of halogens is 3. The molecule has 1 aliphatic heterocycles. The molecule has 0 radical (unpaired) electrons. The van der Waals surface area contributed by atoms with Crippen molar-refractivity contribution in [3.8, 4) is 5.75 Å². The van der Waals surface area contributed by atoms with Crippen molar-refractivity contribution in [1.82, 2.24) is 9.97 Å². The first kappa shape index (κ1) is 16.9. The summed E-state index contributed by atoms with van der Waals surface area (Å²) in [4.78, 5) is 19.9. The Kier molecular flexibility index (Phi) is 4.43. The zero-order valence-corrected chi connectivity index (χ0v) is 13.2. The van der Waals surface area contributed by atoms with Gasteiger partial charge in [-0.05, 0) is 12.1 Å². The minimum Gasteiger partial charge on any atom is -0.489 e. The van der Waals surface area contributed by atoms with Crippen LogP contribution in [0.3, 0.4) is 0 Å². The molecule has 2 heterocycles. The molecule has 3 rings (SSSR count). The van der Waals surface area contributed by atoms with Gasteiger partial charge in [0.2, 0.25) is 0 Å². The first-order valence-electron chi connectivity index (χ1n) is 7.33. The van der Waals surface area contributed by atoms with Crippen molar-refractivity contribution in [3.05, 3.63) is 35.9 Å². The van der Waals surface area contributed by atoms with Crippen molar-refractivity contribution in [3.63, 3.8) is 0 Å². The first-order valence-corrected chi connectivity index (χ1v) is 7.33. The molecule has 134 valence electrons. The number of carbonyl (C=O) groups excluding carboxylic acids is 1. The van der Waals surface area contributed by atoms with E-state index in [0.29, 0.717) is 13.1 Å². The number of rotatable bonds is 3. The van der Waals surface area contributed by atoms with Crippen molar-refractivity contribution in [2.45, 2.75) is 12.7 Å². The fourth-order valence-corrected chi connectivity index (χ4v) is 2.57. The van der Waals surface area contributed by atoms with Gasteiger partial charge < -0.3 is 19.4 Å². The summed E-state index contributed by atoms with van der Waals surface area (Å²) in [5.74, 6) is -0.256. The van der Waals surface area contributed by atoms with Crippen LogP contribution >= 0.6 is 0 Å². The van der Waals surface area contributed by atoms with Gasteiger partial charge in [-0.2, -0.15) is 13.2 Å². The predicted octanol–water partition coefficient (Wildman–Crippen LogP) is 3.01. The van der Waals surface area contributed by atoms with Crippen molar-refractivity contribution in [2.24, 2.45) is 0 Å². The zero-order chi connectivity index (χ0) is 18.0. The fraction of sp³-hybridized carbons (Fsp3) is 0.333. The number of H-pyrrole nitrogens is 1. The van der Waals surface area contributed by atoms with E-state index in [1.54, 1.807) is 11.1 Å². The van der Waals surface area contributed by atoms with E-state index in [-0.39, 0.29) is 23.7 Å². The molecule has 2 N–H and O–H groups in total. The topological polar surface area (TPSA) is 79.5 Å². The van der Waals surface area contributed by atoms with Gasteiger partial charge in [0.15, 0.2) is 5.75 Å². The van der Waals surface area contributed by atoms with Gasteiger partial charge in [0.25, 0.3) is 0 Å². The third-order valence-electron chi connectivity index (χ3n) is 3.67. The lowest BCUT2D eigenvalue weighted by Crippen LogP contribution is -2.33. The second-order valence-electron chi connectivity index (χ2n) is 5.33. The number of amides is 1. The van der Waals surface area contributed by atoms with E-state index in [9.17, 15) is 18.0 Å². The van der Waals surface area contributed by atoms with Gasteiger partial charge >= 0.3 is 12.3 Å². The smallest absolute Gasteiger partial charge is 0.420 e. The number of methoxy groups -OCH3 is 1. The number of imidazole rings is 1. The number of alkyl halides is 3. The third-order valence-corrected chi connectivity index (χ3v) is 3.67. The lowest BCUT2D eigenvalue weighted by molar-refractivity contribution is -0.138. The van der Waals surface area contributed by atoms with E-state index < -0.39 is 17.8 Å². The molecule has 10 heteroatoms. The van der Waals surface area contributed by atoms with E-state index in [1.807, 2.05) is 0 Å². The summed E-state index contributed by atoms with van der Waals surface area (Å²) in [7, 11) is 1.13. The van der Waals surface area contributed by atoms with E-state index in [4.69, 9.17) is 4.74 Å². The lowest BCUT2D eigenvalue weighted by atomic mass is 10.1. The van der Waals surface area contributed by atoms with Gasteiger partial charge in [-0.25, -0.2) is 9.78 Å². The minimum absolute atomic E-state index is 0.0296. The summed E-state index contributed by atoms with van der Waals surface area (Å²) >= 11 is 0. The predicted molar refractivity (Wildman–Crippen MR) is 82.6 cm³/mol. The Labute approximate surface area is 140 Å². The molecule has 0 aliphatic carbocycles. The molecule has 0 saturated heterocycles. The molecule has 1 aliphatic rings. The second kappa shape index (κ2) is 6.54. The van der Waals surface area contributed by atoms with Crippen LogP contribution < -0.4 is 15.0 Å². The Morgan fingerprint density at radius 2 is 2.28 bits per heavy atom. The van der Waals surface area contributed by atoms with Crippen LogP contribution in [-0.4, -0.2) is 36.3 Å². The van der Waals surface area contributed by atoms with Crippen molar-refractivity contribution < 1.29 is 27.4 Å². The summed E-state index contributed by atoms with van der Waals surface area (Å²) in [5.41, 5.74) is -0.00133. The SMILES string of the molecule is COC(=O)Nc1cc2c(c(C(F)(F)F)c1)OCCN2Cc1cnc[nH]1. The molecular weight excluding hydrogens is 341 g/mol. The highest BCUT2D eigenvalue weighted by Gasteiger charge is 2.38. The number of nitrogens with one attached hydrogen (secondary N) is 2. The summed E-state index contributed by atoms with van der Waals surface area (Å²) in [6.45, 7) is 0.842. The fourth-order valence-electron chi connectivity index (χ4n) is 2.57. The quantitative estimate of drug-likeness (QED) is 0.884. The molecule has 0 bridgehead atoms. The Bertz CT molecular complexity index is 762. The number of hydrogen-bond donors (Lipinski definition) is 2. The highest BCUT2D eigenvalue weighted by molar-refractivity contribution is 5.86. The van der Waals surface area contributed by atoms with E-state index in [1.165, 1.54) is 12.4 Å². The molecule has 1 aromatic carbocycles. The van der Waals surface area contributed by atoms with Crippen molar-refractivity contribution >= 4 is 17.5 Å². The highest BCUT2D eigenvalue weighted by atomic mass is 19.4. The maximum atomic E-state index is 13.4. The summed E-state index contributed by atoms with van der Waals surface area (Å²) in [5, 5.41) is 2.27. The molecular formula is C15H15F3N4O3. The van der Waals surface area contributed by atoms with Gasteiger partial charge in [-0.15, -0.1) is 0 Å². The molecule has 0 spiro atoms. The minimum atomic E-state index is -4.63. The number of nitrogens with zero attached hydrogens (tertiary/aromatic N) is 2. The molecule has 25 heavy (non-hydrogen) atoms. The van der Waals surface area contributed by atoms with Crippen LogP contribution in [0.25, 0.3) is 0 Å². The zero-order valence-electron chi connectivity index (χ0n) is 13.2. The molecule has 1 amide bonds. The van der Waals surface area contributed by atoms with Crippen LogP contribution in [0.15, 0.2) is 24.7 Å². The van der Waals surface area contributed by atoms with Crippen LogP contribution in [0.5, 0.6) is 5.75 Å². The number of aromatic nitrogens is 2. The molecule has 1 aromatic heterocycles. The van der Waals surface area contributed by atoms with E-state index in [2.05, 4.69) is 20.0 Å². The number of carbonyl (C=O) groups is 1. The van der Waals surface area contributed by atoms with E-state index >= 15 is 0 Å². The number of aromatic amines is 1. The van der Waals surface area contributed by atoms with Crippen molar-refractivity contribution in [2.75, 3.05) is 30.5 Å². The number of fused-ring (bicyclic) bond motifs is 1. The maximum Gasteiger partial charge on any atom is 0.420 e. The first-order chi connectivity index (χ1) is 11.9. The molecule has 7 nitrogen and oxygen atoms in total. The molecule has 2 aromatic rings. The van der Waals surface area contributed by atoms with Crippen LogP contribution in [-0.2, 0) is 17.5 Å². The van der Waals surface area contributed by atoms with Gasteiger partial charge in [0, 0.05) is 11.9 Å². The van der Waals surface area contributed by atoms with Crippen LogP contribution in [0, 0.1) is 0 Å². The van der Waals surface area contributed by atoms with Crippen LogP contribution in [0.1, 0.15) is 11.3 Å². The average Bonchev–Trinajstić information content (AvgIpc) is 3.07. The third kappa shape index (κ3) is 3.62. The monoisotopic (exact) mass is 356 g/mol. The highest BCUT2D eigenvalue weighted by Crippen LogP contribution is 2.45. The number of hydrogen-bond acceptors (Lipinski definition) is 5. The van der Waals surface area contributed by atoms with Crippen LogP contribution in [0.2, 0.25) is 0 Å². The molecule has 0 atom stereocenters. The van der Waals surface area contributed by atoms with E-state index in [0.717, 1.165) is 18.9 Å². The summed E-state index contributed by atoms with van der Waals surface area (Å²) in [6, 6.07) is 2.26. The summed E-state index contributed by atoms with van der Waals surface area (Å²) < 4.78 is 50.0. The Morgan fingerprint density at radius 1 is 1.48 bits per heavy atom. The number of benzene rings is 1. The van der Waals surface area contributed by atoms with Gasteiger partial charge in [-0.3, -0.25) is 5.32 Å². The normalized spacial score (nSPS) is 13.8. The molecule has 0 unspecified atom stereocenters. The lowest BCUT2D eigenvalue weighted by Gasteiger charge is -2.33. The number of ether oxygens (including phenoxy) is 2. The Hall–Kier alpha value is -2.91. The standard InChI is InChI=1S/C15H15F3N4O3/c1-24-14(23)21-9-4-11(15(16,17)18)13-12(5-9)22(2-3-25-13)7-10-6-19-8-20-10/h4-6,8H,2-3,7H2,1H3,(H,19,20)(H,21,23). The van der Waals surface area contributed by atoms with Gasteiger partial charge in [0.05, 0.1) is 37.9 Å². The Morgan fingerprint density at radius 3 is 2.92 bits per heavy atom. The molecule has 0 fully saturated rings. The largest absolute Gasteiger partial charge is 0.489 e. The van der Waals surface area contributed by atoms with Gasteiger partial charge in [-0.1, -0.05) is 0 Å².